The van der Waals surface area contributed by atoms with Gasteiger partial charge in [-0.05, 0) is 12.1 Å². The van der Waals surface area contributed by atoms with E-state index in [0.717, 1.165) is 0 Å². The second-order valence-electron chi connectivity index (χ2n) is 4.09. The van der Waals surface area contributed by atoms with E-state index in [1.807, 2.05) is 20.8 Å². The molecule has 76 valence electrons. The number of hydrogen-bond donors (Lipinski definition) is 1. The molecule has 14 heavy (non-hydrogen) atoms. The highest BCUT2D eigenvalue weighted by molar-refractivity contribution is 5.87. The summed E-state index contributed by atoms with van der Waals surface area (Å²) < 4.78 is 13.1. The molecule has 1 heterocycles. The van der Waals surface area contributed by atoms with E-state index in [0.29, 0.717) is 5.69 Å². The van der Waals surface area contributed by atoms with Crippen molar-refractivity contribution in [2.24, 2.45) is 0 Å². The van der Waals surface area contributed by atoms with E-state index in [1.165, 1.54) is 12.1 Å². The summed E-state index contributed by atoms with van der Waals surface area (Å²) in [5, 5.41) is 8.58. The molecule has 4 heteroatoms. The van der Waals surface area contributed by atoms with Crippen LogP contribution in [0.4, 0.5) is 4.39 Å². The summed E-state index contributed by atoms with van der Waals surface area (Å²) in [5.41, 5.74) is -0.129. The highest BCUT2D eigenvalue weighted by Gasteiger charge is 2.19. The third kappa shape index (κ3) is 2.07. The molecule has 0 aliphatic carbocycles. The average Bonchev–Trinajstić information content (AvgIpc) is 2.01. The standard InChI is InChI=1S/C10H12FNO2/c1-10(2,3)7-5-4-6(9(13)14)8(11)12-7/h4-5H,1-3H3,(H,13,14). The van der Waals surface area contributed by atoms with Gasteiger partial charge in [-0.25, -0.2) is 9.78 Å². The smallest absolute Gasteiger partial charge is 0.340 e. The lowest BCUT2D eigenvalue weighted by atomic mass is 9.91. The molecule has 0 bridgehead atoms. The minimum atomic E-state index is -1.30. The average molecular weight is 197 g/mol. The van der Waals surface area contributed by atoms with E-state index < -0.39 is 17.5 Å². The third-order valence-corrected chi connectivity index (χ3v) is 1.85. The number of nitrogens with zero attached hydrogens (tertiary/aromatic N) is 1. The molecule has 0 aliphatic heterocycles. The molecule has 1 N–H and O–H groups in total. The van der Waals surface area contributed by atoms with Crippen LogP contribution < -0.4 is 0 Å². The Labute approximate surface area is 81.6 Å². The normalized spacial score (nSPS) is 11.4. The lowest BCUT2D eigenvalue weighted by Crippen LogP contribution is -2.15. The lowest BCUT2D eigenvalue weighted by Gasteiger charge is -2.17. The zero-order valence-corrected chi connectivity index (χ0v) is 8.34. The fourth-order valence-electron chi connectivity index (χ4n) is 1.01. The largest absolute Gasteiger partial charge is 0.478 e. The molecular formula is C10H12FNO2. The summed E-state index contributed by atoms with van der Waals surface area (Å²) in [6, 6.07) is 2.78. The van der Waals surface area contributed by atoms with Crippen LogP contribution >= 0.6 is 0 Å². The summed E-state index contributed by atoms with van der Waals surface area (Å²) in [4.78, 5) is 14.1. The van der Waals surface area contributed by atoms with Crippen molar-refractivity contribution in [2.75, 3.05) is 0 Å². The van der Waals surface area contributed by atoms with E-state index in [-0.39, 0.29) is 5.41 Å². The topological polar surface area (TPSA) is 50.2 Å². The van der Waals surface area contributed by atoms with Crippen molar-refractivity contribution in [1.29, 1.82) is 0 Å². The minimum Gasteiger partial charge on any atom is -0.478 e. The van der Waals surface area contributed by atoms with Crippen molar-refractivity contribution in [1.82, 2.24) is 4.98 Å². The Hall–Kier alpha value is -1.45. The Morgan fingerprint density at radius 3 is 2.36 bits per heavy atom. The summed E-state index contributed by atoms with van der Waals surface area (Å²) in [7, 11) is 0. The Morgan fingerprint density at radius 1 is 1.43 bits per heavy atom. The first-order valence-corrected chi connectivity index (χ1v) is 4.22. The molecule has 0 aliphatic rings. The monoisotopic (exact) mass is 197 g/mol. The quantitative estimate of drug-likeness (QED) is 0.702. The van der Waals surface area contributed by atoms with E-state index in [4.69, 9.17) is 5.11 Å². The van der Waals surface area contributed by atoms with Gasteiger partial charge in [0.1, 0.15) is 5.56 Å². The Bertz CT molecular complexity index is 369. The highest BCUT2D eigenvalue weighted by Crippen LogP contribution is 2.20. The SMILES string of the molecule is CC(C)(C)c1ccc(C(=O)O)c(F)n1. The predicted octanol–water partition coefficient (Wildman–Crippen LogP) is 2.22. The summed E-state index contributed by atoms with van der Waals surface area (Å²) in [5.74, 6) is -2.22. The van der Waals surface area contributed by atoms with Crippen LogP contribution in [0.1, 0.15) is 36.8 Å². The first-order valence-electron chi connectivity index (χ1n) is 4.22. The molecule has 0 fully saturated rings. The molecule has 0 spiro atoms. The molecule has 0 saturated carbocycles. The number of halogens is 1. The molecule has 3 nitrogen and oxygen atoms in total. The molecule has 0 atom stereocenters. The van der Waals surface area contributed by atoms with Gasteiger partial charge in [0.15, 0.2) is 0 Å². The van der Waals surface area contributed by atoms with Gasteiger partial charge in [0, 0.05) is 11.1 Å². The van der Waals surface area contributed by atoms with Gasteiger partial charge in [-0.1, -0.05) is 20.8 Å². The molecule has 0 aromatic carbocycles. The van der Waals surface area contributed by atoms with Gasteiger partial charge >= 0.3 is 5.97 Å². The van der Waals surface area contributed by atoms with Gasteiger partial charge in [0.05, 0.1) is 0 Å². The number of aromatic nitrogens is 1. The number of pyridine rings is 1. The van der Waals surface area contributed by atoms with Gasteiger partial charge < -0.3 is 5.11 Å². The van der Waals surface area contributed by atoms with Crippen molar-refractivity contribution in [3.63, 3.8) is 0 Å². The number of carbonyl (C=O) groups is 1. The van der Waals surface area contributed by atoms with Crippen LogP contribution in [0.3, 0.4) is 0 Å². The van der Waals surface area contributed by atoms with Crippen LogP contribution in [0.5, 0.6) is 0 Å². The van der Waals surface area contributed by atoms with Crippen LogP contribution in [0.25, 0.3) is 0 Å². The first kappa shape index (κ1) is 10.6. The van der Waals surface area contributed by atoms with Gasteiger partial charge in [0.25, 0.3) is 0 Å². The number of rotatable bonds is 1. The number of carboxylic acid groups (broad SMARTS) is 1. The van der Waals surface area contributed by atoms with Crippen LogP contribution in [0.2, 0.25) is 0 Å². The van der Waals surface area contributed by atoms with Crippen LogP contribution in [0.15, 0.2) is 12.1 Å². The fraction of sp³-hybridized carbons (Fsp3) is 0.400. The molecule has 1 rings (SSSR count). The van der Waals surface area contributed by atoms with Gasteiger partial charge in [-0.3, -0.25) is 0 Å². The lowest BCUT2D eigenvalue weighted by molar-refractivity contribution is 0.0690. The van der Waals surface area contributed by atoms with Crippen molar-refractivity contribution < 1.29 is 14.3 Å². The minimum absolute atomic E-state index is 0.280. The van der Waals surface area contributed by atoms with Crippen molar-refractivity contribution in [3.05, 3.63) is 29.3 Å². The maximum Gasteiger partial charge on any atom is 0.340 e. The number of hydrogen-bond acceptors (Lipinski definition) is 2. The first-order chi connectivity index (χ1) is 6.32. The Kier molecular flexibility index (Phi) is 2.55. The maximum atomic E-state index is 13.1. The molecule has 0 saturated heterocycles. The van der Waals surface area contributed by atoms with Gasteiger partial charge in [-0.15, -0.1) is 0 Å². The van der Waals surface area contributed by atoms with Crippen molar-refractivity contribution in [2.45, 2.75) is 26.2 Å². The molecule has 0 radical (unpaired) electrons. The van der Waals surface area contributed by atoms with Crippen molar-refractivity contribution in [3.8, 4) is 0 Å². The molecule has 0 amide bonds. The molecular weight excluding hydrogens is 185 g/mol. The predicted molar refractivity (Wildman–Crippen MR) is 49.9 cm³/mol. The second-order valence-corrected chi connectivity index (χ2v) is 4.09. The van der Waals surface area contributed by atoms with Crippen LogP contribution in [-0.4, -0.2) is 16.1 Å². The third-order valence-electron chi connectivity index (χ3n) is 1.85. The second kappa shape index (κ2) is 3.36. The van der Waals surface area contributed by atoms with E-state index in [2.05, 4.69) is 4.98 Å². The molecule has 1 aromatic heterocycles. The number of carboxylic acids is 1. The van der Waals surface area contributed by atoms with Crippen LogP contribution in [-0.2, 0) is 5.41 Å². The van der Waals surface area contributed by atoms with Gasteiger partial charge in [0.2, 0.25) is 5.95 Å². The van der Waals surface area contributed by atoms with Crippen molar-refractivity contribution >= 4 is 5.97 Å². The van der Waals surface area contributed by atoms with E-state index in [1.54, 1.807) is 0 Å². The van der Waals surface area contributed by atoms with Crippen LogP contribution in [0, 0.1) is 5.95 Å². The fourth-order valence-corrected chi connectivity index (χ4v) is 1.01. The summed E-state index contributed by atoms with van der Waals surface area (Å²) >= 11 is 0. The summed E-state index contributed by atoms with van der Waals surface area (Å²) in [6.07, 6.45) is 0. The van der Waals surface area contributed by atoms with E-state index >= 15 is 0 Å². The maximum absolute atomic E-state index is 13.1. The Morgan fingerprint density at radius 2 is 2.00 bits per heavy atom. The summed E-state index contributed by atoms with van der Waals surface area (Å²) in [6.45, 7) is 5.65. The highest BCUT2D eigenvalue weighted by atomic mass is 19.1. The van der Waals surface area contributed by atoms with E-state index in [9.17, 15) is 9.18 Å². The zero-order chi connectivity index (χ0) is 10.9. The number of aromatic carboxylic acids is 1. The van der Waals surface area contributed by atoms with Gasteiger partial charge in [-0.2, -0.15) is 4.39 Å². The molecule has 0 unspecified atom stereocenters. The zero-order valence-electron chi connectivity index (χ0n) is 8.34. The Balaban J connectivity index is 3.20. The molecule has 1 aromatic rings.